The predicted octanol–water partition coefficient (Wildman–Crippen LogP) is 6.69. The fraction of sp³-hybridized carbons (Fsp3) is 0.207. The monoisotopic (exact) mass is 552 g/mol. The summed E-state index contributed by atoms with van der Waals surface area (Å²) >= 11 is 0. The number of hydrogen-bond donors (Lipinski definition) is 3. The Balaban J connectivity index is 1.35. The number of nitrogens with one attached hydrogen (secondary N) is 2. The topological polar surface area (TPSA) is 96.3 Å². The number of anilines is 1. The maximum absolute atomic E-state index is 14.0. The first-order chi connectivity index (χ1) is 19.1. The standard InChI is InChI=1S/C29H24F4N4O3/c30-23-10-2-1-5-19(23)16-34-28(40)37-25(17-6-3-7-17)15-24(36-37)22-12-11-21(14-26(22)38)35-27(39)18-8-4-9-20(13-18)29(31,32)33/h1-2,4-5,8-15,17,38H,3,6-7,16H2,(H,34,40)(H,35,39). The largest absolute Gasteiger partial charge is 0.507 e. The van der Waals surface area contributed by atoms with Crippen molar-refractivity contribution in [2.75, 3.05) is 5.32 Å². The van der Waals surface area contributed by atoms with Crippen molar-refractivity contribution in [3.05, 3.63) is 101 Å². The molecule has 206 valence electrons. The maximum Gasteiger partial charge on any atom is 0.416 e. The van der Waals surface area contributed by atoms with Crippen LogP contribution in [0.4, 0.5) is 28.0 Å². The summed E-state index contributed by atoms with van der Waals surface area (Å²) in [5, 5.41) is 20.3. The van der Waals surface area contributed by atoms with E-state index >= 15 is 0 Å². The number of phenolic OH excluding ortho intramolecular Hbond substituents is 1. The van der Waals surface area contributed by atoms with Gasteiger partial charge in [0.25, 0.3) is 5.91 Å². The molecule has 0 radical (unpaired) electrons. The summed E-state index contributed by atoms with van der Waals surface area (Å²) in [5.74, 6) is -1.36. The SMILES string of the molecule is O=C(Nc1ccc(-c2cc(C3CCC3)n(C(=O)NCc3ccccc3F)n2)c(O)c1)c1cccc(C(F)(F)F)c1. The Morgan fingerprint density at radius 1 is 1.00 bits per heavy atom. The summed E-state index contributed by atoms with van der Waals surface area (Å²) < 4.78 is 54.2. The van der Waals surface area contributed by atoms with Crippen LogP contribution in [0, 0.1) is 5.82 Å². The second kappa shape index (κ2) is 10.8. The van der Waals surface area contributed by atoms with Gasteiger partial charge in [-0.2, -0.15) is 23.0 Å². The molecule has 1 heterocycles. The number of carbonyl (C=O) groups excluding carboxylic acids is 2. The number of rotatable bonds is 6. The number of amides is 2. The van der Waals surface area contributed by atoms with Crippen molar-refractivity contribution in [3.63, 3.8) is 0 Å². The van der Waals surface area contributed by atoms with E-state index in [1.54, 1.807) is 24.3 Å². The van der Waals surface area contributed by atoms with E-state index in [1.807, 2.05) is 0 Å². The molecule has 3 aromatic carbocycles. The molecule has 1 aliphatic carbocycles. The van der Waals surface area contributed by atoms with Crippen LogP contribution in [0.25, 0.3) is 11.3 Å². The molecule has 5 rings (SSSR count). The molecule has 1 aromatic heterocycles. The molecule has 3 N–H and O–H groups in total. The summed E-state index contributed by atoms with van der Waals surface area (Å²) in [5.41, 5.74) is 0.611. The highest BCUT2D eigenvalue weighted by Crippen LogP contribution is 2.39. The molecule has 0 saturated heterocycles. The highest BCUT2D eigenvalue weighted by molar-refractivity contribution is 6.04. The van der Waals surface area contributed by atoms with Crippen molar-refractivity contribution in [3.8, 4) is 17.0 Å². The van der Waals surface area contributed by atoms with Gasteiger partial charge in [0.1, 0.15) is 11.6 Å². The van der Waals surface area contributed by atoms with E-state index in [2.05, 4.69) is 15.7 Å². The van der Waals surface area contributed by atoms with Crippen LogP contribution >= 0.6 is 0 Å². The number of carbonyl (C=O) groups is 2. The van der Waals surface area contributed by atoms with Crippen molar-refractivity contribution in [2.24, 2.45) is 0 Å². The normalized spacial score (nSPS) is 13.5. The number of halogens is 4. The minimum absolute atomic E-state index is 0.0314. The minimum Gasteiger partial charge on any atom is -0.507 e. The molecule has 1 aliphatic rings. The van der Waals surface area contributed by atoms with Crippen LogP contribution in [0.3, 0.4) is 0 Å². The van der Waals surface area contributed by atoms with Crippen LogP contribution in [0.5, 0.6) is 5.75 Å². The lowest BCUT2D eigenvalue weighted by Crippen LogP contribution is -2.31. The fourth-order valence-electron chi connectivity index (χ4n) is 4.44. The third-order valence-electron chi connectivity index (χ3n) is 6.82. The van der Waals surface area contributed by atoms with Gasteiger partial charge in [-0.05, 0) is 55.3 Å². The zero-order valence-corrected chi connectivity index (χ0v) is 21.0. The van der Waals surface area contributed by atoms with Crippen molar-refractivity contribution in [1.82, 2.24) is 15.1 Å². The molecule has 1 fully saturated rings. The quantitative estimate of drug-likeness (QED) is 0.232. The predicted molar refractivity (Wildman–Crippen MR) is 139 cm³/mol. The van der Waals surface area contributed by atoms with Gasteiger partial charge >= 0.3 is 12.2 Å². The molecule has 0 unspecified atom stereocenters. The van der Waals surface area contributed by atoms with Crippen LogP contribution in [-0.4, -0.2) is 26.8 Å². The molecule has 40 heavy (non-hydrogen) atoms. The smallest absolute Gasteiger partial charge is 0.416 e. The van der Waals surface area contributed by atoms with Crippen molar-refractivity contribution >= 4 is 17.6 Å². The highest BCUT2D eigenvalue weighted by Gasteiger charge is 2.31. The van der Waals surface area contributed by atoms with Gasteiger partial charge in [0.05, 0.1) is 17.0 Å². The Kier molecular flexibility index (Phi) is 7.29. The van der Waals surface area contributed by atoms with Gasteiger partial charge in [0.2, 0.25) is 0 Å². The molecule has 0 spiro atoms. The summed E-state index contributed by atoms with van der Waals surface area (Å²) in [6.07, 6.45) is -1.84. The first-order valence-corrected chi connectivity index (χ1v) is 12.5. The Bertz CT molecular complexity index is 1580. The summed E-state index contributed by atoms with van der Waals surface area (Å²) in [7, 11) is 0. The number of nitrogens with zero attached hydrogens (tertiary/aromatic N) is 2. The zero-order valence-electron chi connectivity index (χ0n) is 21.0. The molecule has 4 aromatic rings. The molecule has 11 heteroatoms. The number of benzene rings is 3. The lowest BCUT2D eigenvalue weighted by atomic mass is 9.82. The van der Waals surface area contributed by atoms with Crippen LogP contribution in [0.15, 0.2) is 72.8 Å². The van der Waals surface area contributed by atoms with Gasteiger partial charge in [0.15, 0.2) is 0 Å². The number of alkyl halides is 3. The number of aromatic nitrogens is 2. The van der Waals surface area contributed by atoms with Crippen LogP contribution in [-0.2, 0) is 12.7 Å². The summed E-state index contributed by atoms with van der Waals surface area (Å²) in [6, 6.07) is 15.5. The molecule has 0 bridgehead atoms. The summed E-state index contributed by atoms with van der Waals surface area (Å²) in [6.45, 7) is -0.0314. The van der Waals surface area contributed by atoms with E-state index in [4.69, 9.17) is 0 Å². The Labute approximate surface area is 226 Å². The van der Waals surface area contributed by atoms with Gasteiger partial charge in [-0.15, -0.1) is 0 Å². The van der Waals surface area contributed by atoms with Gasteiger partial charge in [-0.25, -0.2) is 9.18 Å². The summed E-state index contributed by atoms with van der Waals surface area (Å²) in [4.78, 5) is 25.5. The van der Waals surface area contributed by atoms with Gasteiger partial charge < -0.3 is 15.7 Å². The average Bonchev–Trinajstić information content (AvgIpc) is 3.31. The Morgan fingerprint density at radius 3 is 2.45 bits per heavy atom. The van der Waals surface area contributed by atoms with E-state index in [0.717, 1.165) is 37.5 Å². The molecular weight excluding hydrogens is 528 g/mol. The first kappa shape index (κ1) is 26.9. The second-order valence-electron chi connectivity index (χ2n) is 9.51. The van der Waals surface area contributed by atoms with Gasteiger partial charge in [-0.1, -0.05) is 30.7 Å². The zero-order chi connectivity index (χ0) is 28.4. The average molecular weight is 553 g/mol. The number of hydrogen-bond acceptors (Lipinski definition) is 4. The third-order valence-corrected chi connectivity index (χ3v) is 6.82. The molecular formula is C29H24F4N4O3. The van der Waals surface area contributed by atoms with Crippen molar-refractivity contribution in [1.29, 1.82) is 0 Å². The molecule has 0 aliphatic heterocycles. The third kappa shape index (κ3) is 5.68. The van der Waals surface area contributed by atoms with E-state index in [0.29, 0.717) is 22.5 Å². The fourth-order valence-corrected chi connectivity index (χ4v) is 4.44. The van der Waals surface area contributed by atoms with E-state index < -0.39 is 29.5 Å². The highest BCUT2D eigenvalue weighted by atomic mass is 19.4. The molecule has 0 atom stereocenters. The van der Waals surface area contributed by atoms with E-state index in [9.17, 15) is 32.3 Å². The molecule has 2 amide bonds. The first-order valence-electron chi connectivity index (χ1n) is 12.5. The van der Waals surface area contributed by atoms with Gasteiger partial charge in [0, 0.05) is 40.9 Å². The maximum atomic E-state index is 14.0. The lowest BCUT2D eigenvalue weighted by molar-refractivity contribution is -0.137. The molecule has 1 saturated carbocycles. The van der Waals surface area contributed by atoms with E-state index in [1.165, 1.54) is 35.0 Å². The Hall–Kier alpha value is -4.67. The van der Waals surface area contributed by atoms with Crippen LogP contribution in [0.1, 0.15) is 52.4 Å². The minimum atomic E-state index is -4.59. The van der Waals surface area contributed by atoms with Crippen LogP contribution in [0.2, 0.25) is 0 Å². The van der Waals surface area contributed by atoms with E-state index in [-0.39, 0.29) is 29.5 Å². The molecule has 7 nitrogen and oxygen atoms in total. The second-order valence-corrected chi connectivity index (χ2v) is 9.51. The lowest BCUT2D eigenvalue weighted by Gasteiger charge is -2.25. The van der Waals surface area contributed by atoms with Crippen molar-refractivity contribution in [2.45, 2.75) is 37.9 Å². The number of phenols is 1. The van der Waals surface area contributed by atoms with Crippen LogP contribution < -0.4 is 10.6 Å². The van der Waals surface area contributed by atoms with Crippen molar-refractivity contribution < 1.29 is 32.3 Å². The van der Waals surface area contributed by atoms with Gasteiger partial charge in [-0.3, -0.25) is 4.79 Å². The number of aromatic hydroxyl groups is 1. The Morgan fingerprint density at radius 2 is 1.77 bits per heavy atom.